The van der Waals surface area contributed by atoms with Crippen LogP contribution in [0.25, 0.3) is 0 Å². The molecular weight excluding hydrogens is 388 g/mol. The van der Waals surface area contributed by atoms with Gasteiger partial charge in [-0.25, -0.2) is 0 Å². The lowest BCUT2D eigenvalue weighted by atomic mass is 10.3. The normalized spacial score (nSPS) is 10.6. The average Bonchev–Trinajstić information content (AvgIpc) is 2.71. The molecule has 3 aromatic carbocycles. The molecule has 0 spiro atoms. The van der Waals surface area contributed by atoms with Crippen LogP contribution in [-0.2, 0) is 0 Å². The summed E-state index contributed by atoms with van der Waals surface area (Å²) in [5.74, 6) is 0.666. The zero-order valence-electron chi connectivity index (χ0n) is 14.7. The SMILES string of the molecule is Oc1ccc(Nc2nc(Sc3ccccc3)nc(Sc3ccccc3)n2)cc1. The van der Waals surface area contributed by atoms with Crippen molar-refractivity contribution in [1.82, 2.24) is 15.0 Å². The molecule has 0 saturated carbocycles. The maximum atomic E-state index is 9.46. The number of aromatic nitrogens is 3. The Kier molecular flexibility index (Phi) is 5.75. The zero-order chi connectivity index (χ0) is 19.2. The highest BCUT2D eigenvalue weighted by Gasteiger charge is 2.10. The minimum absolute atomic E-state index is 0.210. The number of rotatable bonds is 6. The molecule has 0 radical (unpaired) electrons. The smallest absolute Gasteiger partial charge is 0.232 e. The average molecular weight is 405 g/mol. The molecule has 138 valence electrons. The first kappa shape index (κ1) is 18.3. The number of benzene rings is 3. The Bertz CT molecular complexity index is 985. The second-order valence-corrected chi connectivity index (χ2v) is 7.81. The summed E-state index contributed by atoms with van der Waals surface area (Å²) < 4.78 is 0. The van der Waals surface area contributed by atoms with Crippen LogP contribution in [0.5, 0.6) is 5.75 Å². The first-order valence-corrected chi connectivity index (χ1v) is 10.2. The lowest BCUT2D eigenvalue weighted by Crippen LogP contribution is -2.02. The molecule has 0 aliphatic heterocycles. The van der Waals surface area contributed by atoms with Gasteiger partial charge < -0.3 is 10.4 Å². The van der Waals surface area contributed by atoms with Crippen molar-refractivity contribution in [1.29, 1.82) is 0 Å². The van der Waals surface area contributed by atoms with Gasteiger partial charge in [0.2, 0.25) is 5.95 Å². The van der Waals surface area contributed by atoms with E-state index in [1.165, 1.54) is 23.5 Å². The lowest BCUT2D eigenvalue weighted by molar-refractivity contribution is 0.475. The summed E-state index contributed by atoms with van der Waals surface area (Å²) in [6.07, 6.45) is 0. The standard InChI is InChI=1S/C21H16N4OS2/c26-16-13-11-15(12-14-16)22-19-23-20(27-17-7-3-1-4-8-17)25-21(24-19)28-18-9-5-2-6-10-18/h1-14,26H,(H,22,23,24,25). The minimum atomic E-state index is 0.210. The number of hydrogen-bond donors (Lipinski definition) is 2. The van der Waals surface area contributed by atoms with Crippen LogP contribution in [0, 0.1) is 0 Å². The molecule has 7 heteroatoms. The Morgan fingerprint density at radius 3 is 1.61 bits per heavy atom. The Labute approximate surface area is 171 Å². The third kappa shape index (κ3) is 5.03. The van der Waals surface area contributed by atoms with E-state index >= 15 is 0 Å². The number of aromatic hydroxyl groups is 1. The lowest BCUT2D eigenvalue weighted by Gasteiger charge is -2.09. The van der Waals surface area contributed by atoms with Crippen LogP contribution >= 0.6 is 23.5 Å². The van der Waals surface area contributed by atoms with E-state index in [4.69, 9.17) is 0 Å². The van der Waals surface area contributed by atoms with E-state index in [2.05, 4.69) is 20.3 Å². The molecule has 0 atom stereocenters. The van der Waals surface area contributed by atoms with Crippen molar-refractivity contribution in [2.45, 2.75) is 20.1 Å². The molecule has 0 fully saturated rings. The molecule has 0 amide bonds. The van der Waals surface area contributed by atoms with E-state index in [9.17, 15) is 5.11 Å². The van der Waals surface area contributed by atoms with Crippen LogP contribution in [0.4, 0.5) is 11.6 Å². The second kappa shape index (κ2) is 8.77. The third-order valence-electron chi connectivity index (χ3n) is 3.62. The second-order valence-electron chi connectivity index (χ2n) is 5.73. The molecule has 0 aliphatic rings. The first-order chi connectivity index (χ1) is 13.7. The summed E-state index contributed by atoms with van der Waals surface area (Å²) in [6.45, 7) is 0. The van der Waals surface area contributed by atoms with E-state index < -0.39 is 0 Å². The molecule has 28 heavy (non-hydrogen) atoms. The van der Waals surface area contributed by atoms with Gasteiger partial charge in [-0.05, 0) is 72.1 Å². The van der Waals surface area contributed by atoms with Gasteiger partial charge in [-0.1, -0.05) is 36.4 Å². The van der Waals surface area contributed by atoms with Gasteiger partial charge in [-0.2, -0.15) is 15.0 Å². The summed E-state index contributed by atoms with van der Waals surface area (Å²) in [5.41, 5.74) is 0.787. The van der Waals surface area contributed by atoms with Gasteiger partial charge in [-0.3, -0.25) is 0 Å². The van der Waals surface area contributed by atoms with Crippen LogP contribution in [0.2, 0.25) is 0 Å². The van der Waals surface area contributed by atoms with Crippen LogP contribution in [-0.4, -0.2) is 20.1 Å². The maximum Gasteiger partial charge on any atom is 0.232 e. The highest BCUT2D eigenvalue weighted by molar-refractivity contribution is 7.99. The highest BCUT2D eigenvalue weighted by atomic mass is 32.2. The molecule has 0 unspecified atom stereocenters. The van der Waals surface area contributed by atoms with Crippen molar-refractivity contribution in [2.75, 3.05) is 5.32 Å². The fraction of sp³-hybridized carbons (Fsp3) is 0. The van der Waals surface area contributed by atoms with Gasteiger partial charge in [0.15, 0.2) is 10.3 Å². The molecule has 0 bridgehead atoms. The predicted octanol–water partition coefficient (Wildman–Crippen LogP) is 5.62. The quantitative estimate of drug-likeness (QED) is 0.404. The summed E-state index contributed by atoms with van der Waals surface area (Å²) in [5, 5.41) is 13.9. The Morgan fingerprint density at radius 1 is 0.607 bits per heavy atom. The number of nitrogens with one attached hydrogen (secondary N) is 1. The zero-order valence-corrected chi connectivity index (χ0v) is 16.3. The highest BCUT2D eigenvalue weighted by Crippen LogP contribution is 2.30. The number of nitrogens with zero attached hydrogens (tertiary/aromatic N) is 3. The maximum absolute atomic E-state index is 9.46. The van der Waals surface area contributed by atoms with Crippen molar-refractivity contribution < 1.29 is 5.11 Å². The van der Waals surface area contributed by atoms with Crippen LogP contribution in [0.3, 0.4) is 0 Å². The van der Waals surface area contributed by atoms with Gasteiger partial charge in [0.1, 0.15) is 5.75 Å². The van der Waals surface area contributed by atoms with Crippen molar-refractivity contribution >= 4 is 35.2 Å². The molecule has 1 aromatic heterocycles. The van der Waals surface area contributed by atoms with Crippen molar-refractivity contribution in [3.8, 4) is 5.75 Å². The fourth-order valence-electron chi connectivity index (χ4n) is 2.35. The van der Waals surface area contributed by atoms with E-state index in [0.29, 0.717) is 16.3 Å². The molecule has 2 N–H and O–H groups in total. The Morgan fingerprint density at radius 2 is 1.11 bits per heavy atom. The molecule has 0 saturated heterocycles. The molecule has 4 aromatic rings. The number of phenolic OH excluding ortho intramolecular Hbond substituents is 1. The largest absolute Gasteiger partial charge is 0.508 e. The van der Waals surface area contributed by atoms with Gasteiger partial charge in [-0.15, -0.1) is 0 Å². The predicted molar refractivity (Wildman–Crippen MR) is 112 cm³/mol. The molecule has 0 aliphatic carbocycles. The summed E-state index contributed by atoms with van der Waals surface area (Å²) in [6, 6.07) is 26.7. The minimum Gasteiger partial charge on any atom is -0.508 e. The van der Waals surface area contributed by atoms with E-state index in [0.717, 1.165) is 15.5 Å². The van der Waals surface area contributed by atoms with Crippen molar-refractivity contribution in [3.05, 3.63) is 84.9 Å². The monoisotopic (exact) mass is 404 g/mol. The van der Waals surface area contributed by atoms with Crippen LogP contribution in [0.1, 0.15) is 0 Å². The summed E-state index contributed by atoms with van der Waals surface area (Å²) in [4.78, 5) is 15.8. The van der Waals surface area contributed by atoms with E-state index in [1.54, 1.807) is 24.3 Å². The van der Waals surface area contributed by atoms with Crippen molar-refractivity contribution in [2.24, 2.45) is 0 Å². The fourth-order valence-corrected chi connectivity index (χ4v) is 3.94. The van der Waals surface area contributed by atoms with Gasteiger partial charge in [0.25, 0.3) is 0 Å². The summed E-state index contributed by atoms with van der Waals surface area (Å²) >= 11 is 2.97. The van der Waals surface area contributed by atoms with Gasteiger partial charge in [0.05, 0.1) is 0 Å². The number of hydrogen-bond acceptors (Lipinski definition) is 7. The topological polar surface area (TPSA) is 70.9 Å². The van der Waals surface area contributed by atoms with Crippen LogP contribution in [0.15, 0.2) is 105 Å². The molecule has 4 rings (SSSR count). The summed E-state index contributed by atoms with van der Waals surface area (Å²) in [7, 11) is 0. The first-order valence-electron chi connectivity index (χ1n) is 8.52. The van der Waals surface area contributed by atoms with Gasteiger partial charge in [0, 0.05) is 15.5 Å². The Balaban J connectivity index is 1.64. The number of anilines is 2. The van der Waals surface area contributed by atoms with Crippen molar-refractivity contribution in [3.63, 3.8) is 0 Å². The van der Waals surface area contributed by atoms with Gasteiger partial charge >= 0.3 is 0 Å². The molecular formula is C21H16N4OS2. The Hall–Kier alpha value is -3.03. The molecule has 1 heterocycles. The van der Waals surface area contributed by atoms with Crippen LogP contribution < -0.4 is 5.32 Å². The van der Waals surface area contributed by atoms with E-state index in [-0.39, 0.29) is 5.75 Å². The molecule has 5 nitrogen and oxygen atoms in total. The van der Waals surface area contributed by atoms with E-state index in [1.807, 2.05) is 60.7 Å². The third-order valence-corrected chi connectivity index (χ3v) is 5.37. The number of phenols is 1.